The van der Waals surface area contributed by atoms with E-state index in [4.69, 9.17) is 11.6 Å². The lowest BCUT2D eigenvalue weighted by molar-refractivity contribution is 0.201. The predicted molar refractivity (Wildman–Crippen MR) is 95.2 cm³/mol. The highest BCUT2D eigenvalue weighted by molar-refractivity contribution is 6.30. The van der Waals surface area contributed by atoms with Crippen molar-refractivity contribution in [3.63, 3.8) is 0 Å². The van der Waals surface area contributed by atoms with E-state index in [1.54, 1.807) is 25.2 Å². The van der Waals surface area contributed by atoms with Crippen molar-refractivity contribution in [3.05, 3.63) is 63.9 Å². The topological polar surface area (TPSA) is 52.6 Å². The second-order valence-electron chi connectivity index (χ2n) is 6.34. The minimum atomic E-state index is -0.496. The van der Waals surface area contributed by atoms with E-state index in [1.165, 1.54) is 17.0 Å². The lowest BCUT2D eigenvalue weighted by atomic mass is 9.87. The third-order valence-corrected chi connectivity index (χ3v) is 4.84. The number of fused-ring (bicyclic) bond motifs is 1. The molecule has 2 aromatic carbocycles. The first-order valence-corrected chi connectivity index (χ1v) is 8.60. The lowest BCUT2D eigenvalue weighted by Crippen LogP contribution is -2.40. The lowest BCUT2D eigenvalue weighted by Gasteiger charge is -2.29. The number of urea groups is 1. The van der Waals surface area contributed by atoms with E-state index in [2.05, 4.69) is 5.32 Å². The van der Waals surface area contributed by atoms with E-state index in [0.717, 1.165) is 30.4 Å². The molecule has 2 aromatic rings. The molecule has 6 heteroatoms. The highest BCUT2D eigenvalue weighted by atomic mass is 35.5. The molecule has 1 atom stereocenters. The van der Waals surface area contributed by atoms with Crippen LogP contribution in [0.5, 0.6) is 5.75 Å². The number of phenolic OH excluding ortho intramolecular Hbond substituents is 1. The number of nitrogens with zero attached hydrogens (tertiary/aromatic N) is 1. The van der Waals surface area contributed by atoms with Crippen molar-refractivity contribution in [1.82, 2.24) is 10.2 Å². The molecule has 3 rings (SSSR count). The number of nitrogens with one attached hydrogen (secondary N) is 1. The van der Waals surface area contributed by atoms with Crippen molar-refractivity contribution in [1.29, 1.82) is 0 Å². The van der Waals surface area contributed by atoms with Crippen molar-refractivity contribution in [2.45, 2.75) is 31.8 Å². The maximum atomic E-state index is 13.5. The largest absolute Gasteiger partial charge is 0.508 e. The normalized spacial score (nSPS) is 16.2. The van der Waals surface area contributed by atoms with Crippen molar-refractivity contribution in [2.24, 2.45) is 0 Å². The molecule has 0 aliphatic heterocycles. The third-order valence-electron chi connectivity index (χ3n) is 4.53. The Morgan fingerprint density at radius 3 is 2.96 bits per heavy atom. The average Bonchev–Trinajstić information content (AvgIpc) is 2.59. The number of aromatic hydroxyl groups is 1. The summed E-state index contributed by atoms with van der Waals surface area (Å²) in [7, 11) is 1.66. The van der Waals surface area contributed by atoms with E-state index in [-0.39, 0.29) is 29.4 Å². The number of phenols is 1. The van der Waals surface area contributed by atoms with Crippen molar-refractivity contribution < 1.29 is 14.3 Å². The van der Waals surface area contributed by atoms with Gasteiger partial charge in [0.1, 0.15) is 11.6 Å². The molecular weight excluding hydrogens is 343 g/mol. The van der Waals surface area contributed by atoms with E-state index in [0.29, 0.717) is 5.56 Å². The van der Waals surface area contributed by atoms with Gasteiger partial charge in [0.15, 0.2) is 0 Å². The number of halogens is 2. The maximum Gasteiger partial charge on any atom is 0.317 e. The van der Waals surface area contributed by atoms with Crippen molar-refractivity contribution in [3.8, 4) is 5.75 Å². The second-order valence-corrected chi connectivity index (χ2v) is 6.75. The molecule has 0 heterocycles. The quantitative estimate of drug-likeness (QED) is 0.850. The van der Waals surface area contributed by atoms with E-state index in [1.807, 2.05) is 6.07 Å². The number of hydrogen-bond acceptors (Lipinski definition) is 2. The Balaban J connectivity index is 1.68. The molecule has 1 aliphatic rings. The number of carbonyl (C=O) groups excluding carboxylic acids is 1. The van der Waals surface area contributed by atoms with Gasteiger partial charge in [0.05, 0.1) is 11.1 Å². The van der Waals surface area contributed by atoms with Gasteiger partial charge in [-0.3, -0.25) is 0 Å². The van der Waals surface area contributed by atoms with Gasteiger partial charge in [0, 0.05) is 13.6 Å². The van der Waals surface area contributed by atoms with Crippen LogP contribution in [0.4, 0.5) is 9.18 Å². The zero-order valence-electron chi connectivity index (χ0n) is 13.9. The molecule has 0 radical (unpaired) electrons. The Kier molecular flexibility index (Phi) is 5.13. The summed E-state index contributed by atoms with van der Waals surface area (Å²) in [4.78, 5) is 14.0. The minimum Gasteiger partial charge on any atom is -0.508 e. The van der Waals surface area contributed by atoms with Crippen LogP contribution in [-0.2, 0) is 13.0 Å². The van der Waals surface area contributed by atoms with Gasteiger partial charge < -0.3 is 15.3 Å². The van der Waals surface area contributed by atoms with Gasteiger partial charge in [-0.2, -0.15) is 0 Å². The standard InChI is InChI=1S/C19H20ClFN2O2/c1-23(11-12-8-9-15(20)16(21)10-12)19(25)22-17-6-2-5-14-13(17)4-3-7-18(14)24/h3-4,7-10,17,24H,2,5-6,11H2,1H3,(H,22,25). The molecular formula is C19H20ClFN2O2. The summed E-state index contributed by atoms with van der Waals surface area (Å²) in [6.45, 7) is 0.277. The molecule has 1 unspecified atom stereocenters. The van der Waals surface area contributed by atoms with Gasteiger partial charge in [-0.25, -0.2) is 9.18 Å². The summed E-state index contributed by atoms with van der Waals surface area (Å²) < 4.78 is 13.5. The zero-order valence-corrected chi connectivity index (χ0v) is 14.7. The molecule has 2 N–H and O–H groups in total. The first-order chi connectivity index (χ1) is 12.0. The molecule has 2 amide bonds. The molecule has 1 aliphatic carbocycles. The summed E-state index contributed by atoms with van der Waals surface area (Å²) in [5.74, 6) is -0.217. The van der Waals surface area contributed by atoms with Gasteiger partial charge in [0.2, 0.25) is 0 Å². The Hall–Kier alpha value is -2.27. The van der Waals surface area contributed by atoms with E-state index in [9.17, 15) is 14.3 Å². The Morgan fingerprint density at radius 2 is 2.20 bits per heavy atom. The van der Waals surface area contributed by atoms with Crippen LogP contribution in [0.1, 0.15) is 35.6 Å². The highest BCUT2D eigenvalue weighted by Crippen LogP contribution is 2.34. The fourth-order valence-electron chi connectivity index (χ4n) is 3.22. The molecule has 0 fully saturated rings. The predicted octanol–water partition coefficient (Wildman–Crippen LogP) is 4.40. The van der Waals surface area contributed by atoms with Crippen molar-refractivity contribution in [2.75, 3.05) is 7.05 Å². The van der Waals surface area contributed by atoms with Crippen molar-refractivity contribution >= 4 is 17.6 Å². The summed E-state index contributed by atoms with van der Waals surface area (Å²) in [6, 6.07) is 9.54. The average molecular weight is 363 g/mol. The Morgan fingerprint density at radius 1 is 1.40 bits per heavy atom. The summed E-state index contributed by atoms with van der Waals surface area (Å²) in [6.07, 6.45) is 2.54. The van der Waals surface area contributed by atoms with Gasteiger partial charge in [-0.15, -0.1) is 0 Å². The molecule has 0 bridgehead atoms. The fourth-order valence-corrected chi connectivity index (χ4v) is 3.34. The van der Waals surface area contributed by atoms with E-state index < -0.39 is 5.82 Å². The Labute approximate surface area is 151 Å². The molecule has 0 aromatic heterocycles. The summed E-state index contributed by atoms with van der Waals surface area (Å²) >= 11 is 5.68. The van der Waals surface area contributed by atoms with Crippen LogP contribution in [0.3, 0.4) is 0 Å². The van der Waals surface area contributed by atoms with E-state index >= 15 is 0 Å². The fraction of sp³-hybridized carbons (Fsp3) is 0.316. The highest BCUT2D eigenvalue weighted by Gasteiger charge is 2.24. The van der Waals surface area contributed by atoms with Gasteiger partial charge in [0.25, 0.3) is 0 Å². The number of benzene rings is 2. The third kappa shape index (κ3) is 3.87. The number of hydrogen-bond donors (Lipinski definition) is 2. The first kappa shape index (κ1) is 17.5. The Bertz CT molecular complexity index is 797. The molecule has 0 saturated carbocycles. The molecule has 25 heavy (non-hydrogen) atoms. The van der Waals surface area contributed by atoms with Gasteiger partial charge in [-0.1, -0.05) is 29.8 Å². The van der Waals surface area contributed by atoms with Crippen LogP contribution in [0, 0.1) is 5.82 Å². The smallest absolute Gasteiger partial charge is 0.317 e. The monoisotopic (exact) mass is 362 g/mol. The van der Waals surface area contributed by atoms with Crippen LogP contribution in [0.15, 0.2) is 36.4 Å². The molecule has 0 saturated heterocycles. The molecule has 0 spiro atoms. The number of amides is 2. The molecule has 132 valence electrons. The SMILES string of the molecule is CN(Cc1ccc(Cl)c(F)c1)C(=O)NC1CCCc2c(O)cccc21. The summed E-state index contributed by atoms with van der Waals surface area (Å²) in [5, 5.41) is 13.1. The number of rotatable bonds is 3. The van der Waals surface area contributed by atoms with Crippen LogP contribution in [0.2, 0.25) is 5.02 Å². The number of carbonyl (C=O) groups is 1. The summed E-state index contributed by atoms with van der Waals surface area (Å²) in [5.41, 5.74) is 2.54. The van der Waals surface area contributed by atoms with Crippen LogP contribution in [-0.4, -0.2) is 23.1 Å². The first-order valence-electron chi connectivity index (χ1n) is 8.22. The molecule has 4 nitrogen and oxygen atoms in total. The van der Waals surface area contributed by atoms with Crippen LogP contribution >= 0.6 is 11.6 Å². The maximum absolute atomic E-state index is 13.5. The zero-order chi connectivity index (χ0) is 18.0. The van der Waals surface area contributed by atoms with Gasteiger partial charge >= 0.3 is 6.03 Å². The minimum absolute atomic E-state index is 0.0643. The van der Waals surface area contributed by atoms with Crippen LogP contribution < -0.4 is 5.32 Å². The van der Waals surface area contributed by atoms with Crippen LogP contribution in [0.25, 0.3) is 0 Å². The second kappa shape index (κ2) is 7.31. The van der Waals surface area contributed by atoms with Gasteiger partial charge in [-0.05, 0) is 54.2 Å².